The quantitative estimate of drug-likeness (QED) is 0.819. The molecule has 1 saturated heterocycles. The summed E-state index contributed by atoms with van der Waals surface area (Å²) in [5.74, 6) is 1.86. The minimum Gasteiger partial charge on any atom is -0.342 e. The first-order valence-electron chi connectivity index (χ1n) is 10.5. The van der Waals surface area contributed by atoms with E-state index in [0.717, 1.165) is 36.5 Å². The van der Waals surface area contributed by atoms with E-state index in [-0.39, 0.29) is 17.7 Å². The summed E-state index contributed by atoms with van der Waals surface area (Å²) in [6.07, 6.45) is 7.20. The highest BCUT2D eigenvalue weighted by atomic mass is 19.1. The van der Waals surface area contributed by atoms with Gasteiger partial charge in [0.1, 0.15) is 5.82 Å². The van der Waals surface area contributed by atoms with Gasteiger partial charge in [0.15, 0.2) is 5.82 Å². The van der Waals surface area contributed by atoms with E-state index < -0.39 is 6.67 Å². The van der Waals surface area contributed by atoms with Crippen molar-refractivity contribution < 1.29 is 9.18 Å². The molecule has 0 bridgehead atoms. The molecule has 2 aliphatic rings. The number of nitrogens with zero attached hydrogens (tertiary/aromatic N) is 3. The van der Waals surface area contributed by atoms with E-state index in [9.17, 15) is 9.18 Å². The van der Waals surface area contributed by atoms with Gasteiger partial charge in [0.05, 0.1) is 6.67 Å². The molecule has 1 aromatic carbocycles. The van der Waals surface area contributed by atoms with Gasteiger partial charge in [-0.1, -0.05) is 49.6 Å². The third-order valence-corrected chi connectivity index (χ3v) is 6.30. The predicted octanol–water partition coefficient (Wildman–Crippen LogP) is 4.00. The van der Waals surface area contributed by atoms with Crippen molar-refractivity contribution in [3.8, 4) is 0 Å². The monoisotopic (exact) mass is 384 g/mol. The van der Waals surface area contributed by atoms with Gasteiger partial charge in [-0.15, -0.1) is 0 Å². The number of hydrogen-bond donors (Lipinski definition) is 1. The van der Waals surface area contributed by atoms with Crippen molar-refractivity contribution >= 4 is 5.91 Å². The molecule has 0 unspecified atom stereocenters. The second-order valence-corrected chi connectivity index (χ2v) is 8.22. The number of benzene rings is 1. The molecule has 1 aliphatic heterocycles. The molecule has 1 aromatic heterocycles. The predicted molar refractivity (Wildman–Crippen MR) is 106 cm³/mol. The maximum absolute atomic E-state index is 13.7. The second-order valence-electron chi connectivity index (χ2n) is 8.22. The summed E-state index contributed by atoms with van der Waals surface area (Å²) in [6.45, 7) is 0.558. The van der Waals surface area contributed by atoms with Crippen LogP contribution in [0.3, 0.4) is 0 Å². The van der Waals surface area contributed by atoms with Crippen LogP contribution in [0.5, 0.6) is 0 Å². The van der Waals surface area contributed by atoms with Crippen molar-refractivity contribution in [2.75, 3.05) is 19.8 Å². The Balaban J connectivity index is 1.38. The van der Waals surface area contributed by atoms with Crippen LogP contribution < -0.4 is 0 Å². The Labute approximate surface area is 165 Å². The van der Waals surface area contributed by atoms with Crippen molar-refractivity contribution in [2.45, 2.75) is 56.8 Å². The van der Waals surface area contributed by atoms with Crippen LogP contribution in [-0.4, -0.2) is 45.8 Å². The van der Waals surface area contributed by atoms with Gasteiger partial charge < -0.3 is 4.90 Å². The Kier molecular flexibility index (Phi) is 6.03. The number of halogens is 1. The minimum absolute atomic E-state index is 0.0875. The topological polar surface area (TPSA) is 61.9 Å². The first-order chi connectivity index (χ1) is 13.7. The van der Waals surface area contributed by atoms with E-state index >= 15 is 0 Å². The minimum atomic E-state index is -0.438. The molecule has 4 rings (SSSR count). The summed E-state index contributed by atoms with van der Waals surface area (Å²) in [4.78, 5) is 19.2. The number of amides is 1. The molecule has 2 heterocycles. The zero-order valence-electron chi connectivity index (χ0n) is 16.3. The summed E-state index contributed by atoms with van der Waals surface area (Å²) < 4.78 is 13.7. The zero-order valence-corrected chi connectivity index (χ0v) is 16.3. The third-order valence-electron chi connectivity index (χ3n) is 6.30. The Morgan fingerprint density at radius 2 is 1.93 bits per heavy atom. The Hall–Kier alpha value is -2.24. The summed E-state index contributed by atoms with van der Waals surface area (Å²) in [6, 6.07) is 10.0. The third kappa shape index (κ3) is 4.26. The number of aromatic nitrogens is 3. The number of hydrogen-bond acceptors (Lipinski definition) is 3. The van der Waals surface area contributed by atoms with Crippen LogP contribution in [0.2, 0.25) is 0 Å². The SMILES string of the molecule is O=C(CCc1ccccc1)N1C[C@@H](CF)[C@H](c2nc(C3CCCCC3)n[nH]2)C1. The summed E-state index contributed by atoms with van der Waals surface area (Å²) >= 11 is 0. The largest absolute Gasteiger partial charge is 0.342 e. The maximum Gasteiger partial charge on any atom is 0.222 e. The Morgan fingerprint density at radius 3 is 2.68 bits per heavy atom. The number of carbonyl (C=O) groups is 1. The van der Waals surface area contributed by atoms with E-state index in [1.807, 2.05) is 30.3 Å². The smallest absolute Gasteiger partial charge is 0.222 e. The number of H-pyrrole nitrogens is 1. The van der Waals surface area contributed by atoms with Crippen molar-refractivity contribution in [1.82, 2.24) is 20.1 Å². The zero-order chi connectivity index (χ0) is 19.3. The van der Waals surface area contributed by atoms with Crippen molar-refractivity contribution in [1.29, 1.82) is 0 Å². The molecule has 1 N–H and O–H groups in total. The first-order valence-corrected chi connectivity index (χ1v) is 10.5. The molecule has 150 valence electrons. The Bertz CT molecular complexity index is 772. The second kappa shape index (κ2) is 8.84. The molecule has 1 aliphatic carbocycles. The van der Waals surface area contributed by atoms with E-state index in [2.05, 4.69) is 10.2 Å². The van der Waals surface area contributed by atoms with Crippen LogP contribution in [-0.2, 0) is 11.2 Å². The lowest BCUT2D eigenvalue weighted by atomic mass is 9.89. The van der Waals surface area contributed by atoms with Gasteiger partial charge in [0.25, 0.3) is 0 Å². The molecule has 1 amide bonds. The molecule has 0 radical (unpaired) electrons. The van der Waals surface area contributed by atoms with Crippen LogP contribution >= 0.6 is 0 Å². The van der Waals surface area contributed by atoms with Gasteiger partial charge >= 0.3 is 0 Å². The number of carbonyl (C=O) groups excluding carboxylic acids is 1. The molecule has 6 heteroatoms. The molecule has 28 heavy (non-hydrogen) atoms. The van der Waals surface area contributed by atoms with E-state index in [1.165, 1.54) is 19.3 Å². The number of alkyl halides is 1. The highest BCUT2D eigenvalue weighted by Crippen LogP contribution is 2.34. The fraction of sp³-hybridized carbons (Fsp3) is 0.591. The fourth-order valence-corrected chi connectivity index (χ4v) is 4.59. The summed E-state index contributed by atoms with van der Waals surface area (Å²) in [7, 11) is 0. The number of nitrogens with one attached hydrogen (secondary N) is 1. The lowest BCUT2D eigenvalue weighted by molar-refractivity contribution is -0.130. The molecule has 0 spiro atoms. The van der Waals surface area contributed by atoms with Crippen molar-refractivity contribution in [2.24, 2.45) is 5.92 Å². The van der Waals surface area contributed by atoms with Crippen molar-refractivity contribution in [3.63, 3.8) is 0 Å². The van der Waals surface area contributed by atoms with Gasteiger partial charge in [0.2, 0.25) is 5.91 Å². The molecule has 5 nitrogen and oxygen atoms in total. The van der Waals surface area contributed by atoms with Gasteiger partial charge in [-0.25, -0.2) is 4.98 Å². The standard InChI is InChI=1S/C22H29FN4O/c23-13-18-14-27(20(28)12-11-16-7-3-1-4-8-16)15-19(18)22-24-21(25-26-22)17-9-5-2-6-10-17/h1,3-4,7-8,17-19H,2,5-6,9-15H2,(H,24,25,26)/t18-,19-/m1/s1. The summed E-state index contributed by atoms with van der Waals surface area (Å²) in [5, 5.41) is 7.50. The van der Waals surface area contributed by atoms with Crippen LogP contribution in [0.15, 0.2) is 30.3 Å². The summed E-state index contributed by atoms with van der Waals surface area (Å²) in [5.41, 5.74) is 1.15. The molecule has 2 fully saturated rings. The number of likely N-dealkylation sites (tertiary alicyclic amines) is 1. The fourth-order valence-electron chi connectivity index (χ4n) is 4.59. The van der Waals surface area contributed by atoms with E-state index in [0.29, 0.717) is 25.4 Å². The van der Waals surface area contributed by atoms with Gasteiger partial charge in [-0.05, 0) is 24.8 Å². The molecule has 1 saturated carbocycles. The van der Waals surface area contributed by atoms with Gasteiger partial charge in [-0.3, -0.25) is 14.3 Å². The normalized spacial score (nSPS) is 23.2. The van der Waals surface area contributed by atoms with Crippen LogP contribution in [0.4, 0.5) is 4.39 Å². The number of aryl methyl sites for hydroxylation is 1. The average molecular weight is 384 g/mol. The molecular formula is C22H29FN4O. The van der Waals surface area contributed by atoms with Gasteiger partial charge in [-0.2, -0.15) is 5.10 Å². The highest BCUT2D eigenvalue weighted by Gasteiger charge is 2.38. The first kappa shape index (κ1) is 19.1. The molecule has 2 aromatic rings. The van der Waals surface area contributed by atoms with E-state index in [4.69, 9.17) is 4.98 Å². The van der Waals surface area contributed by atoms with Crippen LogP contribution in [0.25, 0.3) is 0 Å². The Morgan fingerprint density at radius 1 is 1.14 bits per heavy atom. The number of rotatable bonds is 6. The molecule has 2 atom stereocenters. The van der Waals surface area contributed by atoms with E-state index in [1.54, 1.807) is 4.90 Å². The molecular weight excluding hydrogens is 355 g/mol. The lowest BCUT2D eigenvalue weighted by Crippen LogP contribution is -2.29. The van der Waals surface area contributed by atoms with Crippen LogP contribution in [0.1, 0.15) is 67.6 Å². The highest BCUT2D eigenvalue weighted by molar-refractivity contribution is 5.77. The maximum atomic E-state index is 13.7. The van der Waals surface area contributed by atoms with Gasteiger partial charge in [0, 0.05) is 37.3 Å². The van der Waals surface area contributed by atoms with Crippen molar-refractivity contribution in [3.05, 3.63) is 47.5 Å². The average Bonchev–Trinajstić information content (AvgIpc) is 3.40. The lowest BCUT2D eigenvalue weighted by Gasteiger charge is -2.18. The number of aromatic amines is 1. The van der Waals surface area contributed by atoms with Crippen LogP contribution in [0, 0.1) is 5.92 Å².